The first-order chi connectivity index (χ1) is 15.0. The molecule has 0 aliphatic carbocycles. The van der Waals surface area contributed by atoms with Crippen molar-refractivity contribution >= 4 is 29.4 Å². The first kappa shape index (κ1) is 20.3. The second-order valence-corrected chi connectivity index (χ2v) is 7.15. The lowest BCUT2D eigenvalue weighted by Gasteiger charge is -2.07. The summed E-state index contributed by atoms with van der Waals surface area (Å²) >= 11 is 6.13. The molecule has 0 spiro atoms. The van der Waals surface area contributed by atoms with Crippen molar-refractivity contribution in [3.8, 4) is 17.2 Å². The molecule has 0 saturated carbocycles. The van der Waals surface area contributed by atoms with Crippen LogP contribution in [0.3, 0.4) is 0 Å². The number of anilines is 1. The summed E-state index contributed by atoms with van der Waals surface area (Å²) in [4.78, 5) is 31.5. The Morgan fingerprint density at radius 2 is 1.84 bits per heavy atom. The first-order valence-electron chi connectivity index (χ1n) is 9.47. The fourth-order valence-corrected chi connectivity index (χ4v) is 3.19. The number of nitrogens with one attached hydrogen (secondary N) is 2. The SMILES string of the molecule is Cc1cc(=O)[nH]c(-n2nc(-c3ccccc3)cc2NC(=O)/C=C/c2ccccc2Cl)n1. The van der Waals surface area contributed by atoms with Crippen molar-refractivity contribution in [2.24, 2.45) is 0 Å². The average Bonchev–Trinajstić information content (AvgIpc) is 3.17. The third-order valence-electron chi connectivity index (χ3n) is 4.41. The summed E-state index contributed by atoms with van der Waals surface area (Å²) in [5.41, 5.74) is 2.43. The molecule has 0 fully saturated rings. The zero-order chi connectivity index (χ0) is 21.8. The lowest BCUT2D eigenvalue weighted by molar-refractivity contribution is -0.111. The molecule has 2 N–H and O–H groups in total. The monoisotopic (exact) mass is 431 g/mol. The van der Waals surface area contributed by atoms with E-state index in [2.05, 4.69) is 20.4 Å². The van der Waals surface area contributed by atoms with Gasteiger partial charge in [0.25, 0.3) is 5.56 Å². The van der Waals surface area contributed by atoms with Crippen LogP contribution in [0.15, 0.2) is 77.6 Å². The smallest absolute Gasteiger partial charge is 0.252 e. The number of nitrogens with zero attached hydrogens (tertiary/aromatic N) is 3. The van der Waals surface area contributed by atoms with Crippen molar-refractivity contribution in [3.63, 3.8) is 0 Å². The van der Waals surface area contributed by atoms with Crippen molar-refractivity contribution in [1.82, 2.24) is 19.7 Å². The predicted octanol–water partition coefficient (Wildman–Crippen LogP) is 4.24. The molecule has 31 heavy (non-hydrogen) atoms. The van der Waals surface area contributed by atoms with Gasteiger partial charge >= 0.3 is 0 Å². The van der Waals surface area contributed by atoms with Gasteiger partial charge < -0.3 is 5.32 Å². The fraction of sp³-hybridized carbons (Fsp3) is 0.0435. The standard InChI is InChI=1S/C23H18ClN5O2/c1-15-13-22(31)27-23(25-15)29-20(14-19(28-29)17-8-3-2-4-9-17)26-21(30)12-11-16-7-5-6-10-18(16)24/h2-14H,1H3,(H,26,30)(H,25,27,31)/b12-11+. The average molecular weight is 432 g/mol. The number of rotatable bonds is 5. The zero-order valence-corrected chi connectivity index (χ0v) is 17.3. The van der Waals surface area contributed by atoms with E-state index in [1.807, 2.05) is 48.5 Å². The van der Waals surface area contributed by atoms with Gasteiger partial charge in [0.1, 0.15) is 5.82 Å². The number of aromatic nitrogens is 4. The molecular formula is C23H18ClN5O2. The molecule has 1 amide bonds. The molecule has 2 aromatic heterocycles. The number of amides is 1. The quantitative estimate of drug-likeness (QED) is 0.462. The van der Waals surface area contributed by atoms with E-state index < -0.39 is 0 Å². The van der Waals surface area contributed by atoms with E-state index >= 15 is 0 Å². The molecule has 2 heterocycles. The van der Waals surface area contributed by atoms with Gasteiger partial charge in [0.15, 0.2) is 0 Å². The van der Waals surface area contributed by atoms with E-state index in [-0.39, 0.29) is 17.4 Å². The predicted molar refractivity (Wildman–Crippen MR) is 121 cm³/mol. The molecule has 4 rings (SSSR count). The second-order valence-electron chi connectivity index (χ2n) is 6.75. The molecule has 0 bridgehead atoms. The number of hydrogen-bond acceptors (Lipinski definition) is 4. The van der Waals surface area contributed by atoms with Crippen LogP contribution in [0.2, 0.25) is 5.02 Å². The van der Waals surface area contributed by atoms with Gasteiger partial charge in [-0.3, -0.25) is 14.6 Å². The molecule has 0 aliphatic heterocycles. The number of H-pyrrole nitrogens is 1. The van der Waals surface area contributed by atoms with E-state index in [9.17, 15) is 9.59 Å². The topological polar surface area (TPSA) is 92.7 Å². The van der Waals surface area contributed by atoms with Crippen LogP contribution in [0, 0.1) is 6.92 Å². The van der Waals surface area contributed by atoms with Crippen LogP contribution >= 0.6 is 11.6 Å². The van der Waals surface area contributed by atoms with Crippen molar-refractivity contribution in [1.29, 1.82) is 0 Å². The van der Waals surface area contributed by atoms with Crippen LogP contribution in [-0.2, 0) is 4.79 Å². The molecular weight excluding hydrogens is 414 g/mol. The van der Waals surface area contributed by atoms with Gasteiger partial charge in [-0.25, -0.2) is 4.98 Å². The maximum absolute atomic E-state index is 12.6. The molecule has 4 aromatic rings. The molecule has 0 radical (unpaired) electrons. The van der Waals surface area contributed by atoms with Gasteiger partial charge in [-0.1, -0.05) is 60.1 Å². The minimum absolute atomic E-state index is 0.206. The summed E-state index contributed by atoms with van der Waals surface area (Å²) in [5, 5.41) is 7.89. The highest BCUT2D eigenvalue weighted by Crippen LogP contribution is 2.23. The van der Waals surface area contributed by atoms with Gasteiger partial charge in [0.05, 0.1) is 5.69 Å². The Labute approximate surface area is 183 Å². The highest BCUT2D eigenvalue weighted by Gasteiger charge is 2.15. The van der Waals surface area contributed by atoms with Crippen molar-refractivity contribution in [2.45, 2.75) is 6.92 Å². The number of aryl methyl sites for hydroxylation is 1. The Balaban J connectivity index is 1.70. The normalized spacial score (nSPS) is 11.0. The molecule has 0 saturated heterocycles. The van der Waals surface area contributed by atoms with Gasteiger partial charge in [-0.05, 0) is 24.6 Å². The summed E-state index contributed by atoms with van der Waals surface area (Å²) in [5.74, 6) is 0.189. The van der Waals surface area contributed by atoms with Crippen LogP contribution in [-0.4, -0.2) is 25.7 Å². The number of halogens is 1. The molecule has 0 unspecified atom stereocenters. The number of benzene rings is 2. The lowest BCUT2D eigenvalue weighted by atomic mass is 10.1. The third kappa shape index (κ3) is 4.79. The van der Waals surface area contributed by atoms with Crippen molar-refractivity contribution in [3.05, 3.63) is 99.4 Å². The van der Waals surface area contributed by atoms with Crippen LogP contribution in [0.4, 0.5) is 5.82 Å². The molecule has 8 heteroatoms. The summed E-state index contributed by atoms with van der Waals surface area (Å²) in [6, 6.07) is 19.8. The van der Waals surface area contributed by atoms with E-state index in [0.717, 1.165) is 11.1 Å². The van der Waals surface area contributed by atoms with Gasteiger partial charge in [0, 0.05) is 34.5 Å². The molecule has 0 atom stereocenters. The minimum Gasteiger partial charge on any atom is -0.307 e. The van der Waals surface area contributed by atoms with Crippen molar-refractivity contribution < 1.29 is 4.79 Å². The van der Waals surface area contributed by atoms with Gasteiger partial charge in [-0.2, -0.15) is 9.78 Å². The van der Waals surface area contributed by atoms with E-state index in [1.54, 1.807) is 25.1 Å². The van der Waals surface area contributed by atoms with Crippen molar-refractivity contribution in [2.75, 3.05) is 5.32 Å². The van der Waals surface area contributed by atoms with Crippen LogP contribution in [0.25, 0.3) is 23.3 Å². The van der Waals surface area contributed by atoms with E-state index in [4.69, 9.17) is 11.6 Å². The fourth-order valence-electron chi connectivity index (χ4n) is 2.99. The summed E-state index contributed by atoms with van der Waals surface area (Å²) in [6.07, 6.45) is 3.01. The number of aromatic amines is 1. The minimum atomic E-state index is -0.379. The molecule has 154 valence electrons. The largest absolute Gasteiger partial charge is 0.307 e. The second kappa shape index (κ2) is 8.81. The highest BCUT2D eigenvalue weighted by molar-refractivity contribution is 6.32. The zero-order valence-electron chi connectivity index (χ0n) is 16.5. The Morgan fingerprint density at radius 3 is 2.58 bits per heavy atom. The lowest BCUT2D eigenvalue weighted by Crippen LogP contribution is -2.17. The van der Waals surface area contributed by atoms with Gasteiger partial charge in [-0.15, -0.1) is 0 Å². The van der Waals surface area contributed by atoms with Crippen LogP contribution in [0.1, 0.15) is 11.3 Å². The van der Waals surface area contributed by atoms with E-state index in [1.165, 1.54) is 16.8 Å². The Bertz CT molecular complexity index is 1330. The molecule has 7 nitrogen and oxygen atoms in total. The maximum atomic E-state index is 12.6. The summed E-state index contributed by atoms with van der Waals surface area (Å²) in [6.45, 7) is 1.71. The summed E-state index contributed by atoms with van der Waals surface area (Å²) in [7, 11) is 0. The first-order valence-corrected chi connectivity index (χ1v) is 9.85. The number of carbonyl (C=O) groups excluding carboxylic acids is 1. The Kier molecular flexibility index (Phi) is 5.77. The molecule has 0 aliphatic rings. The Hall–Kier alpha value is -3.97. The van der Waals surface area contributed by atoms with Gasteiger partial charge in [0.2, 0.25) is 11.9 Å². The van der Waals surface area contributed by atoms with E-state index in [0.29, 0.717) is 22.2 Å². The summed E-state index contributed by atoms with van der Waals surface area (Å²) < 4.78 is 1.40. The maximum Gasteiger partial charge on any atom is 0.252 e. The highest BCUT2D eigenvalue weighted by atomic mass is 35.5. The van der Waals surface area contributed by atoms with Crippen LogP contribution < -0.4 is 10.9 Å². The third-order valence-corrected chi connectivity index (χ3v) is 4.75. The number of hydrogen-bond donors (Lipinski definition) is 2. The Morgan fingerprint density at radius 1 is 1.10 bits per heavy atom. The number of carbonyl (C=O) groups is 1. The molecule has 2 aromatic carbocycles. The van der Waals surface area contributed by atoms with Crippen LogP contribution in [0.5, 0.6) is 0 Å².